The Morgan fingerprint density at radius 1 is 0.807 bits per heavy atom. The highest BCUT2D eigenvalue weighted by molar-refractivity contribution is 5.86. The van der Waals surface area contributed by atoms with Gasteiger partial charge >= 0.3 is 5.97 Å². The molecule has 2 aliphatic heterocycles. The van der Waals surface area contributed by atoms with E-state index in [4.69, 9.17) is 23.7 Å². The average molecular weight is 810 g/mol. The van der Waals surface area contributed by atoms with Crippen molar-refractivity contribution in [3.05, 3.63) is 54.1 Å². The number of phenolic OH excluding ortho intramolecular Hbond substituents is 1. The SMILES string of the molecule is C=C(C)C(=O)OC[C@H]1O[C@@H](OC(C)CCCCCC/C=C/CCCCCCCC(=O)NCCc2ccc(O)cc2)[C@H](O[C@@H]2O[C@H](CO)[C@@H](O)[C@H](O)[C@H]2O)[C@@H](O)[C@@H]1O. The molecular weight excluding hydrogens is 742 g/mol. The molecule has 11 atom stereocenters. The van der Waals surface area contributed by atoms with Gasteiger partial charge in [-0.25, -0.2) is 4.79 Å². The van der Waals surface area contributed by atoms with Gasteiger partial charge in [-0.3, -0.25) is 4.79 Å². The summed E-state index contributed by atoms with van der Waals surface area (Å²) in [5.41, 5.74) is 1.22. The molecule has 3 rings (SSSR count). The van der Waals surface area contributed by atoms with Crippen molar-refractivity contribution in [1.82, 2.24) is 5.32 Å². The van der Waals surface area contributed by atoms with Gasteiger partial charge in [0.05, 0.1) is 12.7 Å². The number of benzene rings is 1. The topological polar surface area (TPSA) is 234 Å². The summed E-state index contributed by atoms with van der Waals surface area (Å²) < 4.78 is 28.5. The standard InChI is InChI=1S/C42H67NO14/c1-27(2)40(52)53-26-32-35(48)37(50)39(57-41-38(51)36(49)34(47)31(25-44)55-41)42(56-32)54-28(3)17-15-13-11-9-7-5-4-6-8-10-12-14-16-18-33(46)43-24-23-29-19-21-30(45)22-20-29/h4-5,19-22,28,31-32,34-39,41-42,44-45,47-51H,1,6-18,23-26H2,2-3H3,(H,43,46)/b5-4+/t28?,31-,32-,34-,35-,36+,37+,38-,39-,41+,42-/m1/s1. The Labute approximate surface area is 336 Å². The first-order chi connectivity index (χ1) is 27.3. The van der Waals surface area contributed by atoms with Crippen molar-refractivity contribution in [2.45, 2.75) is 171 Å². The monoisotopic (exact) mass is 809 g/mol. The smallest absolute Gasteiger partial charge is 0.333 e. The first-order valence-electron chi connectivity index (χ1n) is 20.5. The van der Waals surface area contributed by atoms with Gasteiger partial charge in [0.1, 0.15) is 61.2 Å². The molecule has 57 heavy (non-hydrogen) atoms. The van der Waals surface area contributed by atoms with E-state index in [1.54, 1.807) is 12.1 Å². The van der Waals surface area contributed by atoms with Gasteiger partial charge in [0.25, 0.3) is 0 Å². The fourth-order valence-electron chi connectivity index (χ4n) is 6.67. The fourth-order valence-corrected chi connectivity index (χ4v) is 6.67. The van der Waals surface area contributed by atoms with Gasteiger partial charge in [-0.1, -0.05) is 69.4 Å². The number of aromatic hydroxyl groups is 1. The van der Waals surface area contributed by atoms with Gasteiger partial charge in [0, 0.05) is 18.5 Å². The second-order valence-electron chi connectivity index (χ2n) is 15.2. The van der Waals surface area contributed by atoms with Crippen molar-refractivity contribution in [1.29, 1.82) is 0 Å². The first-order valence-corrected chi connectivity index (χ1v) is 20.5. The van der Waals surface area contributed by atoms with Crippen LogP contribution < -0.4 is 5.32 Å². The number of amides is 1. The van der Waals surface area contributed by atoms with E-state index in [0.717, 1.165) is 82.6 Å². The molecule has 2 saturated heterocycles. The third kappa shape index (κ3) is 17.0. The van der Waals surface area contributed by atoms with Crippen LogP contribution in [0.3, 0.4) is 0 Å². The number of aliphatic hydroxyl groups excluding tert-OH is 6. The maximum absolute atomic E-state index is 12.1. The number of aliphatic hydroxyl groups is 6. The maximum atomic E-state index is 12.1. The quantitative estimate of drug-likeness (QED) is 0.0291. The van der Waals surface area contributed by atoms with E-state index < -0.39 is 86.7 Å². The number of ether oxygens (including phenoxy) is 5. The Morgan fingerprint density at radius 2 is 1.40 bits per heavy atom. The van der Waals surface area contributed by atoms with Crippen molar-refractivity contribution >= 4 is 11.9 Å². The molecule has 0 spiro atoms. The summed E-state index contributed by atoms with van der Waals surface area (Å²) in [5.74, 6) is -0.381. The lowest BCUT2D eigenvalue weighted by molar-refractivity contribution is -0.371. The van der Waals surface area contributed by atoms with E-state index in [2.05, 4.69) is 24.0 Å². The zero-order valence-corrected chi connectivity index (χ0v) is 33.5. The fraction of sp³-hybridized carbons (Fsp3) is 0.714. The predicted octanol–water partition coefficient (Wildman–Crippen LogP) is 2.83. The van der Waals surface area contributed by atoms with Crippen molar-refractivity contribution in [3.8, 4) is 5.75 Å². The zero-order valence-electron chi connectivity index (χ0n) is 33.5. The maximum Gasteiger partial charge on any atom is 0.333 e. The Morgan fingerprint density at radius 3 is 2.05 bits per heavy atom. The molecule has 0 radical (unpaired) electrons. The van der Waals surface area contributed by atoms with Crippen molar-refractivity contribution < 1.29 is 69.0 Å². The second kappa shape index (κ2) is 26.2. The number of hydrogen-bond acceptors (Lipinski definition) is 14. The van der Waals surface area contributed by atoms with Crippen LogP contribution in [0.5, 0.6) is 5.75 Å². The second-order valence-corrected chi connectivity index (χ2v) is 15.2. The highest BCUT2D eigenvalue weighted by atomic mass is 16.8. The van der Waals surface area contributed by atoms with Crippen LogP contribution in [0.25, 0.3) is 0 Å². The summed E-state index contributed by atoms with van der Waals surface area (Å²) in [4.78, 5) is 24.1. The molecule has 15 heteroatoms. The Balaban J connectivity index is 1.30. The van der Waals surface area contributed by atoms with Crippen LogP contribution in [0.15, 0.2) is 48.6 Å². The van der Waals surface area contributed by atoms with Gasteiger partial charge in [0.15, 0.2) is 12.6 Å². The molecular formula is C42H67NO14. The highest BCUT2D eigenvalue weighted by Gasteiger charge is 2.51. The zero-order chi connectivity index (χ0) is 41.7. The van der Waals surface area contributed by atoms with E-state index in [0.29, 0.717) is 19.4 Å². The minimum atomic E-state index is -1.76. The Kier molecular flexibility index (Phi) is 22.3. The van der Waals surface area contributed by atoms with Gasteiger partial charge in [0.2, 0.25) is 5.91 Å². The molecule has 8 N–H and O–H groups in total. The van der Waals surface area contributed by atoms with E-state index >= 15 is 0 Å². The number of esters is 1. The van der Waals surface area contributed by atoms with Crippen LogP contribution >= 0.6 is 0 Å². The van der Waals surface area contributed by atoms with Crippen LogP contribution in [0, 0.1) is 0 Å². The minimum Gasteiger partial charge on any atom is -0.508 e. The number of rotatable bonds is 26. The number of unbranched alkanes of at least 4 members (excludes halogenated alkanes) is 9. The molecule has 0 aliphatic carbocycles. The lowest BCUT2D eigenvalue weighted by Gasteiger charge is -2.46. The van der Waals surface area contributed by atoms with Gasteiger partial charge in [-0.15, -0.1) is 0 Å². The lowest BCUT2D eigenvalue weighted by Crippen LogP contribution is -2.65. The summed E-state index contributed by atoms with van der Waals surface area (Å²) in [6.07, 6.45) is 2.10. The van der Waals surface area contributed by atoms with Crippen LogP contribution in [0.2, 0.25) is 0 Å². The number of phenols is 1. The van der Waals surface area contributed by atoms with Crippen LogP contribution in [-0.4, -0.2) is 135 Å². The number of carbonyl (C=O) groups is 2. The molecule has 1 aromatic carbocycles. The molecule has 1 unspecified atom stereocenters. The summed E-state index contributed by atoms with van der Waals surface area (Å²) in [5, 5.41) is 74.7. The molecule has 2 aliphatic rings. The predicted molar refractivity (Wildman–Crippen MR) is 210 cm³/mol. The minimum absolute atomic E-state index is 0.0855. The number of allylic oxidation sites excluding steroid dienone is 2. The van der Waals surface area contributed by atoms with Gasteiger partial charge in [-0.2, -0.15) is 0 Å². The summed E-state index contributed by atoms with van der Waals surface area (Å²) in [6, 6.07) is 7.02. The van der Waals surface area contributed by atoms with Crippen molar-refractivity contribution in [2.75, 3.05) is 19.8 Å². The summed E-state index contributed by atoms with van der Waals surface area (Å²) in [6.45, 7) is 6.32. The number of nitrogens with one attached hydrogen (secondary N) is 1. The van der Waals surface area contributed by atoms with E-state index in [1.165, 1.54) is 6.92 Å². The van der Waals surface area contributed by atoms with Crippen LogP contribution in [-0.2, 0) is 39.7 Å². The average Bonchev–Trinajstić information content (AvgIpc) is 3.19. The molecule has 0 aromatic heterocycles. The molecule has 1 amide bonds. The van der Waals surface area contributed by atoms with Crippen LogP contribution in [0.1, 0.15) is 103 Å². The van der Waals surface area contributed by atoms with Crippen molar-refractivity contribution in [3.63, 3.8) is 0 Å². The molecule has 1 aromatic rings. The molecule has 2 heterocycles. The van der Waals surface area contributed by atoms with Gasteiger partial charge in [-0.05, 0) is 76.5 Å². The first kappa shape index (κ1) is 48.4. The molecule has 15 nitrogen and oxygen atoms in total. The largest absolute Gasteiger partial charge is 0.508 e. The summed E-state index contributed by atoms with van der Waals surface area (Å²) in [7, 11) is 0. The Hall–Kier alpha value is -2.96. The number of hydrogen-bond donors (Lipinski definition) is 8. The molecule has 0 saturated carbocycles. The number of carbonyl (C=O) groups excluding carboxylic acids is 2. The van der Waals surface area contributed by atoms with Gasteiger partial charge < -0.3 is 64.7 Å². The summed E-state index contributed by atoms with van der Waals surface area (Å²) >= 11 is 0. The van der Waals surface area contributed by atoms with Crippen LogP contribution in [0.4, 0.5) is 0 Å². The lowest BCUT2D eigenvalue weighted by atomic mass is 9.97. The third-order valence-electron chi connectivity index (χ3n) is 10.2. The highest BCUT2D eigenvalue weighted by Crippen LogP contribution is 2.31. The van der Waals surface area contributed by atoms with Crippen molar-refractivity contribution in [2.24, 2.45) is 0 Å². The normalized spacial score (nSPS) is 28.3. The molecule has 2 fully saturated rings. The van der Waals surface area contributed by atoms with E-state index in [1.807, 2.05) is 19.1 Å². The molecule has 324 valence electrons. The Bertz CT molecular complexity index is 1340. The molecule has 0 bridgehead atoms. The van der Waals surface area contributed by atoms with E-state index in [-0.39, 0.29) is 17.2 Å². The van der Waals surface area contributed by atoms with E-state index in [9.17, 15) is 45.3 Å². The third-order valence-corrected chi connectivity index (χ3v) is 10.2.